The van der Waals surface area contributed by atoms with Gasteiger partial charge < -0.3 is 19.7 Å². The monoisotopic (exact) mass is 616 g/mol. The summed E-state index contributed by atoms with van der Waals surface area (Å²) in [5, 5.41) is 15.3. The second kappa shape index (κ2) is 12.3. The van der Waals surface area contributed by atoms with E-state index in [1.807, 2.05) is 0 Å². The molecule has 0 radical (unpaired) electrons. The molecule has 3 aromatic rings. The quantitative estimate of drug-likeness (QED) is 0.208. The number of aromatic nitrogens is 2. The molecule has 3 rings (SSSR count). The number of carboxylic acids is 1. The van der Waals surface area contributed by atoms with Gasteiger partial charge in [-0.15, -0.1) is 0 Å². The minimum absolute atomic E-state index is 0.0464. The maximum Gasteiger partial charge on any atom is 0.416 e. The van der Waals surface area contributed by atoms with Crippen LogP contribution < -0.4 is 10.6 Å². The average Bonchev–Trinajstić information content (AvgIpc) is 3.17. The van der Waals surface area contributed by atoms with Crippen molar-refractivity contribution in [2.45, 2.75) is 26.1 Å². The van der Waals surface area contributed by atoms with Crippen LogP contribution in [-0.4, -0.2) is 44.6 Å². The number of nitrogens with zero attached hydrogens (tertiary/aromatic N) is 2. The normalized spacial score (nSPS) is 11.2. The predicted octanol–water partition coefficient (Wildman–Crippen LogP) is 5.73. The Bertz CT molecular complexity index is 1350. The zero-order chi connectivity index (χ0) is 28.0. The fourth-order valence-electron chi connectivity index (χ4n) is 3.48. The highest BCUT2D eigenvalue weighted by molar-refractivity contribution is 9.09. The lowest BCUT2D eigenvalue weighted by Gasteiger charge is -2.14. The molecule has 9 nitrogen and oxygen atoms in total. The van der Waals surface area contributed by atoms with Crippen LogP contribution in [0.25, 0.3) is 0 Å². The first-order valence-electron chi connectivity index (χ1n) is 10.9. The van der Waals surface area contributed by atoms with E-state index in [0.717, 1.165) is 12.1 Å². The molecule has 0 aliphatic rings. The second-order valence-electron chi connectivity index (χ2n) is 7.96. The number of esters is 1. The van der Waals surface area contributed by atoms with Gasteiger partial charge in [-0.25, -0.2) is 14.6 Å². The summed E-state index contributed by atoms with van der Waals surface area (Å²) < 4.78 is 45.1. The number of carbonyl (C=O) groups is 3. The van der Waals surface area contributed by atoms with Gasteiger partial charge in [0.15, 0.2) is 5.82 Å². The second-order valence-corrected chi connectivity index (χ2v) is 8.96. The van der Waals surface area contributed by atoms with Gasteiger partial charge in [-0.05, 0) is 48.4 Å². The molecule has 1 heterocycles. The van der Waals surface area contributed by atoms with E-state index >= 15 is 0 Å². The van der Waals surface area contributed by atoms with E-state index in [-0.39, 0.29) is 36.4 Å². The number of aromatic carboxylic acids is 1. The summed E-state index contributed by atoms with van der Waals surface area (Å²) >= 11 is 8.91. The molecular formula is C24H21BrClF3N4O5. The van der Waals surface area contributed by atoms with Gasteiger partial charge in [0.05, 0.1) is 17.9 Å². The molecule has 0 bridgehead atoms. The Hall–Kier alpha value is -3.58. The standard InChI is InChI=1S/C24H21BrClF3N4O5/c1-13-10-16(26)6-7-17(13)30-23(37)32-20-18(8-9-38-19(34)11-25)33(21(31-20)22(35)36)12-14-2-4-15(5-3-14)24(27,28)29/h2-7,10H,8-9,11-12H2,1H3,(H,35,36)(H2,30,32,37). The van der Waals surface area contributed by atoms with Crippen molar-refractivity contribution in [3.63, 3.8) is 0 Å². The van der Waals surface area contributed by atoms with Crippen LogP contribution >= 0.6 is 27.5 Å². The van der Waals surface area contributed by atoms with E-state index in [9.17, 15) is 32.7 Å². The third-order valence-corrected chi connectivity index (χ3v) is 5.96. The number of hydrogen-bond donors (Lipinski definition) is 3. The van der Waals surface area contributed by atoms with Gasteiger partial charge in [-0.3, -0.25) is 10.1 Å². The third-order valence-electron chi connectivity index (χ3n) is 5.27. The molecule has 14 heteroatoms. The van der Waals surface area contributed by atoms with Gasteiger partial charge >= 0.3 is 24.1 Å². The van der Waals surface area contributed by atoms with Crippen molar-refractivity contribution in [2.75, 3.05) is 22.6 Å². The molecule has 0 unspecified atom stereocenters. The number of carboxylic acid groups (broad SMARTS) is 1. The molecule has 0 aliphatic carbocycles. The van der Waals surface area contributed by atoms with Crippen LogP contribution in [0, 0.1) is 6.92 Å². The van der Waals surface area contributed by atoms with E-state index < -0.39 is 35.5 Å². The summed E-state index contributed by atoms with van der Waals surface area (Å²) in [5.74, 6) is -2.58. The van der Waals surface area contributed by atoms with Gasteiger partial charge in [0.1, 0.15) is 5.33 Å². The lowest BCUT2D eigenvalue weighted by Crippen LogP contribution is -2.22. The minimum Gasteiger partial charge on any atom is -0.475 e. The van der Waals surface area contributed by atoms with Crippen LogP contribution in [0.2, 0.25) is 5.02 Å². The Morgan fingerprint density at radius 3 is 2.39 bits per heavy atom. The van der Waals surface area contributed by atoms with Crippen LogP contribution in [0.15, 0.2) is 42.5 Å². The fraction of sp³-hybridized carbons (Fsp3) is 0.250. The number of urea groups is 1. The first-order valence-corrected chi connectivity index (χ1v) is 12.4. The Kier molecular flexibility index (Phi) is 9.39. The molecule has 0 fully saturated rings. The smallest absolute Gasteiger partial charge is 0.416 e. The highest BCUT2D eigenvalue weighted by Gasteiger charge is 2.30. The van der Waals surface area contributed by atoms with E-state index in [4.69, 9.17) is 16.3 Å². The molecule has 0 spiro atoms. The molecule has 0 aliphatic heterocycles. The van der Waals surface area contributed by atoms with E-state index in [1.54, 1.807) is 25.1 Å². The molecule has 0 saturated heterocycles. The fourth-order valence-corrected chi connectivity index (χ4v) is 3.87. The maximum absolute atomic E-state index is 12.9. The molecule has 38 heavy (non-hydrogen) atoms. The predicted molar refractivity (Wildman–Crippen MR) is 137 cm³/mol. The van der Waals surface area contributed by atoms with Gasteiger partial charge in [-0.2, -0.15) is 13.2 Å². The molecule has 202 valence electrons. The van der Waals surface area contributed by atoms with Crippen molar-refractivity contribution in [3.8, 4) is 0 Å². The zero-order valence-electron chi connectivity index (χ0n) is 19.7. The Balaban J connectivity index is 1.94. The van der Waals surface area contributed by atoms with Gasteiger partial charge in [-0.1, -0.05) is 39.7 Å². The number of aryl methyl sites for hydroxylation is 1. The van der Waals surface area contributed by atoms with Crippen molar-refractivity contribution in [3.05, 3.63) is 75.7 Å². The van der Waals surface area contributed by atoms with Gasteiger partial charge in [0, 0.05) is 23.7 Å². The molecule has 1 aromatic heterocycles. The van der Waals surface area contributed by atoms with E-state index in [1.165, 1.54) is 16.7 Å². The molecule has 2 aromatic carbocycles. The van der Waals surface area contributed by atoms with Crippen LogP contribution in [0.5, 0.6) is 0 Å². The van der Waals surface area contributed by atoms with Crippen molar-refractivity contribution >= 4 is 57.0 Å². The summed E-state index contributed by atoms with van der Waals surface area (Å²) in [4.78, 5) is 40.3. The SMILES string of the molecule is Cc1cc(Cl)ccc1NC(=O)Nc1nc(C(=O)O)n(Cc2ccc(C(F)(F)F)cc2)c1CCOC(=O)CBr. The highest BCUT2D eigenvalue weighted by Crippen LogP contribution is 2.30. The summed E-state index contributed by atoms with van der Waals surface area (Å²) in [7, 11) is 0. The third kappa shape index (κ3) is 7.48. The van der Waals surface area contributed by atoms with E-state index in [0.29, 0.717) is 21.8 Å². The van der Waals surface area contributed by atoms with E-state index in [2.05, 4.69) is 31.5 Å². The highest BCUT2D eigenvalue weighted by atomic mass is 79.9. The lowest BCUT2D eigenvalue weighted by molar-refractivity contribution is -0.140. The number of alkyl halides is 4. The summed E-state index contributed by atoms with van der Waals surface area (Å²) in [6.07, 6.45) is -4.58. The van der Waals surface area contributed by atoms with Crippen LogP contribution in [0.1, 0.15) is 33.0 Å². The number of halogens is 5. The number of benzene rings is 2. The largest absolute Gasteiger partial charge is 0.475 e. The zero-order valence-corrected chi connectivity index (χ0v) is 22.1. The van der Waals surface area contributed by atoms with Gasteiger partial charge in [0.25, 0.3) is 0 Å². The molecule has 3 N–H and O–H groups in total. The molecule has 0 atom stereocenters. The molecular weight excluding hydrogens is 597 g/mol. The van der Waals surface area contributed by atoms with Crippen LogP contribution in [0.3, 0.4) is 0 Å². The average molecular weight is 618 g/mol. The number of carbonyl (C=O) groups excluding carboxylic acids is 2. The topological polar surface area (TPSA) is 123 Å². The van der Waals surface area contributed by atoms with Crippen LogP contribution in [0.4, 0.5) is 29.5 Å². The number of nitrogens with one attached hydrogen (secondary N) is 2. The van der Waals surface area contributed by atoms with Crippen molar-refractivity contribution < 1.29 is 37.4 Å². The summed E-state index contributed by atoms with van der Waals surface area (Å²) in [6.45, 7) is 1.38. The summed E-state index contributed by atoms with van der Waals surface area (Å²) in [6, 6.07) is 8.26. The Labute approximate surface area is 228 Å². The van der Waals surface area contributed by atoms with Crippen molar-refractivity contribution in [2.24, 2.45) is 0 Å². The number of hydrogen-bond acceptors (Lipinski definition) is 5. The minimum atomic E-state index is -4.53. The van der Waals surface area contributed by atoms with Crippen molar-refractivity contribution in [1.29, 1.82) is 0 Å². The Morgan fingerprint density at radius 1 is 1.13 bits per heavy atom. The number of anilines is 2. The molecule has 2 amide bonds. The van der Waals surface area contributed by atoms with Gasteiger partial charge in [0.2, 0.25) is 5.82 Å². The summed E-state index contributed by atoms with van der Waals surface area (Å²) in [5.41, 5.74) is 0.803. The Morgan fingerprint density at radius 2 is 1.82 bits per heavy atom. The number of imidazole rings is 1. The maximum atomic E-state index is 12.9. The number of amides is 2. The molecule has 0 saturated carbocycles. The number of rotatable bonds is 9. The van der Waals surface area contributed by atoms with Crippen molar-refractivity contribution in [1.82, 2.24) is 9.55 Å². The van der Waals surface area contributed by atoms with Crippen LogP contribution in [-0.2, 0) is 28.7 Å². The first-order chi connectivity index (χ1) is 17.9. The number of ether oxygens (including phenoxy) is 1. The first kappa shape index (κ1) is 29.0. The lowest BCUT2D eigenvalue weighted by atomic mass is 10.1.